The Labute approximate surface area is 76.1 Å². The van der Waals surface area contributed by atoms with Crippen LogP contribution >= 0.6 is 11.6 Å². The van der Waals surface area contributed by atoms with E-state index in [-0.39, 0.29) is 12.6 Å². The summed E-state index contributed by atoms with van der Waals surface area (Å²) in [6, 6.07) is 8.00. The maximum absolute atomic E-state index is 10.4. The SMILES string of the molecule is CC(=O)OCc1c[c]c(Cl)cc1. The molecule has 0 N–H and O–H groups in total. The number of ether oxygens (including phenoxy) is 1. The quantitative estimate of drug-likeness (QED) is 0.658. The van der Waals surface area contributed by atoms with Crippen molar-refractivity contribution in [1.82, 2.24) is 0 Å². The van der Waals surface area contributed by atoms with Gasteiger partial charge in [-0.15, -0.1) is 0 Å². The molecule has 12 heavy (non-hydrogen) atoms. The summed E-state index contributed by atoms with van der Waals surface area (Å²) in [7, 11) is 0. The first-order chi connectivity index (χ1) is 5.68. The van der Waals surface area contributed by atoms with Crippen LogP contribution in [0.4, 0.5) is 0 Å². The Morgan fingerprint density at radius 2 is 2.42 bits per heavy atom. The molecule has 3 heteroatoms. The summed E-state index contributed by atoms with van der Waals surface area (Å²) in [5.41, 5.74) is 0.884. The fourth-order valence-electron chi connectivity index (χ4n) is 0.713. The fourth-order valence-corrected chi connectivity index (χ4v) is 0.830. The van der Waals surface area contributed by atoms with E-state index in [1.165, 1.54) is 6.92 Å². The number of hydrogen-bond acceptors (Lipinski definition) is 2. The van der Waals surface area contributed by atoms with Crippen LogP contribution in [0.5, 0.6) is 0 Å². The average molecular weight is 184 g/mol. The molecule has 1 aromatic carbocycles. The number of rotatable bonds is 2. The van der Waals surface area contributed by atoms with E-state index in [9.17, 15) is 4.79 Å². The van der Waals surface area contributed by atoms with Crippen molar-refractivity contribution in [2.45, 2.75) is 13.5 Å². The molecule has 1 radical (unpaired) electrons. The molecule has 0 spiro atoms. The third kappa shape index (κ3) is 2.93. The number of carbonyl (C=O) groups excluding carboxylic acids is 1. The van der Waals surface area contributed by atoms with Crippen LogP contribution in [0.15, 0.2) is 18.2 Å². The van der Waals surface area contributed by atoms with Gasteiger partial charge in [-0.1, -0.05) is 17.7 Å². The summed E-state index contributed by atoms with van der Waals surface area (Å²) in [5.74, 6) is -0.287. The van der Waals surface area contributed by atoms with Crippen LogP contribution in [0.3, 0.4) is 0 Å². The molecular formula is C9H8ClO2. The molecule has 0 aliphatic rings. The second-order valence-corrected chi connectivity index (χ2v) is 2.73. The molecule has 0 aromatic heterocycles. The summed E-state index contributed by atoms with van der Waals surface area (Å²) >= 11 is 5.61. The number of hydrogen-bond donors (Lipinski definition) is 0. The van der Waals surface area contributed by atoms with Crippen molar-refractivity contribution in [2.75, 3.05) is 0 Å². The van der Waals surface area contributed by atoms with Gasteiger partial charge in [-0.05, 0) is 17.7 Å². The number of carbonyl (C=O) groups is 1. The summed E-state index contributed by atoms with van der Waals surface area (Å²) in [4.78, 5) is 10.4. The van der Waals surface area contributed by atoms with Gasteiger partial charge in [0.15, 0.2) is 0 Å². The van der Waals surface area contributed by atoms with Crippen LogP contribution in [-0.2, 0) is 16.1 Å². The van der Waals surface area contributed by atoms with Crippen LogP contribution in [0.2, 0.25) is 5.02 Å². The van der Waals surface area contributed by atoms with Crippen molar-refractivity contribution in [3.8, 4) is 0 Å². The first-order valence-electron chi connectivity index (χ1n) is 3.48. The summed E-state index contributed by atoms with van der Waals surface area (Å²) < 4.78 is 4.77. The molecular weight excluding hydrogens is 176 g/mol. The highest BCUT2D eigenvalue weighted by atomic mass is 35.5. The first-order valence-corrected chi connectivity index (χ1v) is 3.86. The van der Waals surface area contributed by atoms with E-state index in [1.54, 1.807) is 18.2 Å². The van der Waals surface area contributed by atoms with Gasteiger partial charge in [0.25, 0.3) is 0 Å². The molecule has 0 unspecified atom stereocenters. The molecule has 1 aromatic rings. The lowest BCUT2D eigenvalue weighted by Gasteiger charge is -2.00. The molecule has 0 aliphatic carbocycles. The van der Waals surface area contributed by atoms with Crippen LogP contribution in [0, 0.1) is 6.07 Å². The molecule has 0 aliphatic heterocycles. The molecule has 2 nitrogen and oxygen atoms in total. The van der Waals surface area contributed by atoms with Gasteiger partial charge in [0.2, 0.25) is 0 Å². The third-order valence-electron chi connectivity index (χ3n) is 1.28. The number of esters is 1. The molecule has 0 amide bonds. The molecule has 0 heterocycles. The van der Waals surface area contributed by atoms with Gasteiger partial charge < -0.3 is 4.74 Å². The minimum atomic E-state index is -0.287. The maximum atomic E-state index is 10.4. The summed E-state index contributed by atoms with van der Waals surface area (Å²) in [5, 5.41) is 0.557. The Bertz CT molecular complexity index is 266. The highest BCUT2D eigenvalue weighted by molar-refractivity contribution is 6.30. The Hall–Kier alpha value is -1.02. The Morgan fingerprint density at radius 1 is 1.67 bits per heavy atom. The lowest BCUT2D eigenvalue weighted by atomic mass is 10.2. The molecule has 0 bridgehead atoms. The minimum absolute atomic E-state index is 0.281. The Balaban J connectivity index is 2.53. The average Bonchev–Trinajstić information content (AvgIpc) is 2.03. The lowest BCUT2D eigenvalue weighted by molar-refractivity contribution is -0.142. The first kappa shape index (κ1) is 9.07. The van der Waals surface area contributed by atoms with Gasteiger partial charge in [0.05, 0.1) is 0 Å². The topological polar surface area (TPSA) is 26.3 Å². The fraction of sp³-hybridized carbons (Fsp3) is 0.222. The zero-order chi connectivity index (χ0) is 8.97. The van der Waals surface area contributed by atoms with E-state index in [2.05, 4.69) is 6.07 Å². The standard InChI is InChI=1S/C9H8ClO2/c1-7(11)12-6-8-2-4-9(10)5-3-8/h2-4H,6H2,1H3. The normalized spacial score (nSPS) is 9.50. The van der Waals surface area contributed by atoms with Crippen LogP contribution < -0.4 is 0 Å². The third-order valence-corrected chi connectivity index (χ3v) is 1.52. The van der Waals surface area contributed by atoms with Gasteiger partial charge >= 0.3 is 5.97 Å². The predicted molar refractivity (Wildman–Crippen MR) is 45.8 cm³/mol. The maximum Gasteiger partial charge on any atom is 0.302 e. The van der Waals surface area contributed by atoms with Crippen LogP contribution in [-0.4, -0.2) is 5.97 Å². The zero-order valence-electron chi connectivity index (χ0n) is 6.63. The van der Waals surface area contributed by atoms with Crippen molar-refractivity contribution >= 4 is 17.6 Å². The van der Waals surface area contributed by atoms with Gasteiger partial charge in [-0.2, -0.15) is 0 Å². The van der Waals surface area contributed by atoms with Crippen molar-refractivity contribution in [3.63, 3.8) is 0 Å². The van der Waals surface area contributed by atoms with Gasteiger partial charge in [-0.3, -0.25) is 4.79 Å². The van der Waals surface area contributed by atoms with E-state index in [1.807, 2.05) is 0 Å². The highest BCUT2D eigenvalue weighted by Gasteiger charge is 1.95. The van der Waals surface area contributed by atoms with Crippen molar-refractivity contribution in [1.29, 1.82) is 0 Å². The van der Waals surface area contributed by atoms with Crippen LogP contribution in [0.1, 0.15) is 12.5 Å². The van der Waals surface area contributed by atoms with E-state index < -0.39 is 0 Å². The summed E-state index contributed by atoms with van der Waals surface area (Å²) in [6.45, 7) is 1.66. The zero-order valence-corrected chi connectivity index (χ0v) is 7.39. The Kier molecular flexibility index (Phi) is 3.11. The minimum Gasteiger partial charge on any atom is -0.461 e. The molecule has 0 fully saturated rings. The van der Waals surface area contributed by atoms with E-state index in [0.717, 1.165) is 5.56 Å². The number of halogens is 1. The van der Waals surface area contributed by atoms with Crippen molar-refractivity contribution < 1.29 is 9.53 Å². The molecule has 63 valence electrons. The van der Waals surface area contributed by atoms with Gasteiger partial charge in [0, 0.05) is 18.0 Å². The largest absolute Gasteiger partial charge is 0.461 e. The summed E-state index contributed by atoms with van der Waals surface area (Å²) in [6.07, 6.45) is 0. The predicted octanol–water partition coefficient (Wildman–Crippen LogP) is 2.20. The van der Waals surface area contributed by atoms with Gasteiger partial charge in [0.1, 0.15) is 6.61 Å². The molecule has 0 atom stereocenters. The van der Waals surface area contributed by atoms with E-state index >= 15 is 0 Å². The molecule has 1 rings (SSSR count). The van der Waals surface area contributed by atoms with E-state index in [0.29, 0.717) is 5.02 Å². The second-order valence-electron chi connectivity index (χ2n) is 2.33. The smallest absolute Gasteiger partial charge is 0.302 e. The number of benzene rings is 1. The second kappa shape index (κ2) is 4.12. The van der Waals surface area contributed by atoms with E-state index in [4.69, 9.17) is 16.3 Å². The Morgan fingerprint density at radius 3 is 2.92 bits per heavy atom. The highest BCUT2D eigenvalue weighted by Crippen LogP contribution is 2.09. The molecule has 0 saturated carbocycles. The lowest BCUT2D eigenvalue weighted by Crippen LogP contribution is -1.98. The van der Waals surface area contributed by atoms with Crippen molar-refractivity contribution in [3.05, 3.63) is 34.9 Å². The van der Waals surface area contributed by atoms with Crippen molar-refractivity contribution in [2.24, 2.45) is 0 Å². The van der Waals surface area contributed by atoms with Gasteiger partial charge in [-0.25, -0.2) is 0 Å². The monoisotopic (exact) mass is 183 g/mol. The van der Waals surface area contributed by atoms with Crippen LogP contribution in [0.25, 0.3) is 0 Å². The molecule has 0 saturated heterocycles.